The second kappa shape index (κ2) is 6.99. The lowest BCUT2D eigenvalue weighted by molar-refractivity contribution is -0.143. The van der Waals surface area contributed by atoms with E-state index in [2.05, 4.69) is 5.32 Å². The fraction of sp³-hybridized carbons (Fsp3) is 0.385. The van der Waals surface area contributed by atoms with Gasteiger partial charge in [0.15, 0.2) is 6.61 Å². The van der Waals surface area contributed by atoms with Crippen molar-refractivity contribution in [3.8, 4) is 5.75 Å². The summed E-state index contributed by atoms with van der Waals surface area (Å²) in [5.41, 5.74) is 0. The van der Waals surface area contributed by atoms with Crippen LogP contribution in [0.3, 0.4) is 0 Å². The van der Waals surface area contributed by atoms with Crippen molar-refractivity contribution in [1.82, 2.24) is 5.32 Å². The van der Waals surface area contributed by atoms with Gasteiger partial charge >= 0.3 is 5.97 Å². The van der Waals surface area contributed by atoms with Crippen LogP contribution in [0.4, 0.5) is 0 Å². The molecule has 0 radical (unpaired) electrons. The van der Waals surface area contributed by atoms with Gasteiger partial charge in [-0.25, -0.2) is 4.79 Å². The summed E-state index contributed by atoms with van der Waals surface area (Å²) in [5.74, 6) is -1.39. The Labute approximate surface area is 116 Å². The van der Waals surface area contributed by atoms with E-state index in [4.69, 9.17) is 21.4 Å². The van der Waals surface area contributed by atoms with Gasteiger partial charge in [-0.05, 0) is 18.1 Å². The van der Waals surface area contributed by atoms with Crippen molar-refractivity contribution in [2.75, 3.05) is 6.61 Å². The van der Waals surface area contributed by atoms with Crippen molar-refractivity contribution >= 4 is 23.5 Å². The van der Waals surface area contributed by atoms with Gasteiger partial charge in [-0.2, -0.15) is 0 Å². The van der Waals surface area contributed by atoms with Gasteiger partial charge in [-0.15, -0.1) is 0 Å². The van der Waals surface area contributed by atoms with Crippen molar-refractivity contribution in [3.63, 3.8) is 0 Å². The van der Waals surface area contributed by atoms with E-state index in [1.807, 2.05) is 0 Å². The van der Waals surface area contributed by atoms with Gasteiger partial charge < -0.3 is 15.2 Å². The number of nitrogens with one attached hydrogen (secondary N) is 1. The number of carbonyl (C=O) groups excluding carboxylic acids is 1. The third-order valence-corrected chi connectivity index (χ3v) is 2.76. The van der Waals surface area contributed by atoms with Crippen molar-refractivity contribution in [3.05, 3.63) is 29.3 Å². The molecule has 19 heavy (non-hydrogen) atoms. The van der Waals surface area contributed by atoms with Crippen LogP contribution in [0.15, 0.2) is 24.3 Å². The first-order chi connectivity index (χ1) is 8.91. The van der Waals surface area contributed by atoms with Crippen molar-refractivity contribution in [2.24, 2.45) is 5.92 Å². The lowest BCUT2D eigenvalue weighted by Crippen LogP contribution is -2.46. The Balaban J connectivity index is 2.52. The van der Waals surface area contributed by atoms with Gasteiger partial charge in [0.05, 0.1) is 5.02 Å². The fourth-order valence-corrected chi connectivity index (χ4v) is 1.62. The minimum absolute atomic E-state index is 0.207. The first-order valence-corrected chi connectivity index (χ1v) is 6.19. The summed E-state index contributed by atoms with van der Waals surface area (Å²) in [7, 11) is 0. The molecule has 2 N–H and O–H groups in total. The van der Waals surface area contributed by atoms with Crippen LogP contribution in [0, 0.1) is 5.92 Å². The molecular formula is C13H16ClNO4. The zero-order valence-corrected chi connectivity index (χ0v) is 11.5. The Hall–Kier alpha value is -1.75. The van der Waals surface area contributed by atoms with E-state index in [1.54, 1.807) is 38.1 Å². The number of hydrogen-bond acceptors (Lipinski definition) is 3. The highest BCUT2D eigenvalue weighted by Crippen LogP contribution is 2.22. The molecule has 6 heteroatoms. The number of rotatable bonds is 6. The van der Waals surface area contributed by atoms with Crippen molar-refractivity contribution < 1.29 is 19.4 Å². The summed E-state index contributed by atoms with van der Waals surface area (Å²) in [6.45, 7) is 3.15. The predicted octanol–water partition coefficient (Wildman–Crippen LogP) is 1.94. The first kappa shape index (κ1) is 15.3. The SMILES string of the molecule is CC(C)[C@@H](NC(=O)COc1ccccc1Cl)C(=O)O. The first-order valence-electron chi connectivity index (χ1n) is 5.81. The third-order valence-electron chi connectivity index (χ3n) is 2.44. The number of hydrogen-bond donors (Lipinski definition) is 2. The molecule has 0 bridgehead atoms. The van der Waals surface area contributed by atoms with Crippen LogP contribution in [-0.4, -0.2) is 29.6 Å². The van der Waals surface area contributed by atoms with Crippen LogP contribution >= 0.6 is 11.6 Å². The van der Waals surface area contributed by atoms with E-state index in [0.29, 0.717) is 10.8 Å². The maximum atomic E-state index is 11.6. The van der Waals surface area contributed by atoms with Crippen LogP contribution < -0.4 is 10.1 Å². The number of carboxylic acids is 1. The zero-order valence-electron chi connectivity index (χ0n) is 10.7. The Bertz CT molecular complexity index is 462. The average molecular weight is 286 g/mol. The number of carbonyl (C=O) groups is 2. The van der Waals surface area contributed by atoms with Crippen molar-refractivity contribution in [2.45, 2.75) is 19.9 Å². The van der Waals surface area contributed by atoms with Crippen molar-refractivity contribution in [1.29, 1.82) is 0 Å². The van der Waals surface area contributed by atoms with Crippen LogP contribution in [0.25, 0.3) is 0 Å². The third kappa shape index (κ3) is 4.79. The standard InChI is InChI=1S/C13H16ClNO4/c1-8(2)12(13(17)18)15-11(16)7-19-10-6-4-3-5-9(10)14/h3-6,8,12H,7H2,1-2H3,(H,15,16)(H,17,18)/t12-/m1/s1. The fourth-order valence-electron chi connectivity index (χ4n) is 1.43. The second-order valence-corrected chi connectivity index (χ2v) is 4.75. The quantitative estimate of drug-likeness (QED) is 0.837. The molecule has 0 saturated heterocycles. The Morgan fingerprint density at radius 1 is 1.37 bits per heavy atom. The molecular weight excluding hydrogens is 270 g/mol. The largest absolute Gasteiger partial charge is 0.482 e. The summed E-state index contributed by atoms with van der Waals surface area (Å²) in [5, 5.41) is 11.7. The van der Waals surface area contributed by atoms with E-state index >= 15 is 0 Å². The number of ether oxygens (including phenoxy) is 1. The molecule has 0 aromatic heterocycles. The van der Waals surface area contributed by atoms with Gasteiger partial charge in [0.2, 0.25) is 0 Å². The molecule has 0 saturated carbocycles. The molecule has 0 spiro atoms. The Kier molecular flexibility index (Phi) is 5.63. The molecule has 1 amide bonds. The molecule has 104 valence electrons. The summed E-state index contributed by atoms with van der Waals surface area (Å²) < 4.78 is 5.22. The minimum atomic E-state index is -1.07. The van der Waals surface area contributed by atoms with Gasteiger partial charge in [0, 0.05) is 0 Å². The van der Waals surface area contributed by atoms with Gasteiger partial charge in [-0.3, -0.25) is 4.79 Å². The van der Waals surface area contributed by atoms with E-state index < -0.39 is 17.9 Å². The van der Waals surface area contributed by atoms with Gasteiger partial charge in [0.1, 0.15) is 11.8 Å². The summed E-state index contributed by atoms with van der Waals surface area (Å²) in [4.78, 5) is 22.5. The van der Waals surface area contributed by atoms with E-state index in [0.717, 1.165) is 0 Å². The molecule has 0 unspecified atom stereocenters. The van der Waals surface area contributed by atoms with E-state index in [9.17, 15) is 9.59 Å². The van der Waals surface area contributed by atoms with Crippen LogP contribution in [0.2, 0.25) is 5.02 Å². The lowest BCUT2D eigenvalue weighted by atomic mass is 10.1. The molecule has 0 heterocycles. The highest BCUT2D eigenvalue weighted by Gasteiger charge is 2.23. The summed E-state index contributed by atoms with van der Waals surface area (Å²) in [6, 6.07) is 5.82. The monoisotopic (exact) mass is 285 g/mol. The molecule has 1 aromatic rings. The van der Waals surface area contributed by atoms with Crippen LogP contribution in [0.5, 0.6) is 5.75 Å². The topological polar surface area (TPSA) is 75.6 Å². The number of aliphatic carboxylic acids is 1. The van der Waals surface area contributed by atoms with Crippen LogP contribution in [0.1, 0.15) is 13.8 Å². The highest BCUT2D eigenvalue weighted by molar-refractivity contribution is 6.32. The van der Waals surface area contributed by atoms with Gasteiger partial charge in [-0.1, -0.05) is 37.6 Å². The average Bonchev–Trinajstić information content (AvgIpc) is 2.34. The second-order valence-electron chi connectivity index (χ2n) is 4.35. The molecule has 0 aliphatic heterocycles. The Morgan fingerprint density at radius 2 is 2.00 bits per heavy atom. The summed E-state index contributed by atoms with van der Waals surface area (Å²) >= 11 is 5.86. The zero-order chi connectivity index (χ0) is 14.4. The Morgan fingerprint density at radius 3 is 2.53 bits per heavy atom. The number of amides is 1. The maximum absolute atomic E-state index is 11.6. The van der Waals surface area contributed by atoms with E-state index in [1.165, 1.54) is 0 Å². The normalized spacial score (nSPS) is 12.0. The summed E-state index contributed by atoms with van der Waals surface area (Å²) in [6.07, 6.45) is 0. The molecule has 1 aromatic carbocycles. The maximum Gasteiger partial charge on any atom is 0.326 e. The number of halogens is 1. The number of para-hydroxylation sites is 1. The number of benzene rings is 1. The highest BCUT2D eigenvalue weighted by atomic mass is 35.5. The molecule has 0 aliphatic rings. The molecule has 0 aliphatic carbocycles. The molecule has 1 rings (SSSR count). The molecule has 0 fully saturated rings. The lowest BCUT2D eigenvalue weighted by Gasteiger charge is -2.18. The van der Waals surface area contributed by atoms with Gasteiger partial charge in [0.25, 0.3) is 5.91 Å². The number of carboxylic acid groups (broad SMARTS) is 1. The molecule has 5 nitrogen and oxygen atoms in total. The minimum Gasteiger partial charge on any atom is -0.482 e. The van der Waals surface area contributed by atoms with Crippen LogP contribution in [-0.2, 0) is 9.59 Å². The molecule has 1 atom stereocenters. The van der Waals surface area contributed by atoms with E-state index in [-0.39, 0.29) is 12.5 Å². The predicted molar refractivity (Wildman–Crippen MR) is 71.4 cm³/mol. The smallest absolute Gasteiger partial charge is 0.326 e.